The van der Waals surface area contributed by atoms with E-state index >= 15 is 0 Å². The first kappa shape index (κ1) is 20.0. The van der Waals surface area contributed by atoms with E-state index in [9.17, 15) is 13.2 Å². The predicted molar refractivity (Wildman–Crippen MR) is 110 cm³/mol. The maximum Gasteiger partial charge on any atom is 0.240 e. The summed E-state index contributed by atoms with van der Waals surface area (Å²) in [5.74, 6) is 0.457. The highest BCUT2D eigenvalue weighted by molar-refractivity contribution is 7.91. The van der Waals surface area contributed by atoms with Crippen LogP contribution in [0, 0.1) is 0 Å². The minimum Gasteiger partial charge on any atom is -0.301 e. The number of rotatable bonds is 6. The number of carbonyl (C=O) groups is 1. The Kier molecular flexibility index (Phi) is 5.98. The fourth-order valence-corrected chi connectivity index (χ4v) is 6.03. The fourth-order valence-electron chi connectivity index (χ4n) is 3.22. The van der Waals surface area contributed by atoms with Crippen molar-refractivity contribution < 1.29 is 13.2 Å². The van der Waals surface area contributed by atoms with Crippen molar-refractivity contribution >= 4 is 32.2 Å². The molecular formula is C19H25N3O3S2. The summed E-state index contributed by atoms with van der Waals surface area (Å²) in [7, 11) is -1.17. The topological polar surface area (TPSA) is 79.4 Å². The maximum atomic E-state index is 12.4. The van der Waals surface area contributed by atoms with Crippen LogP contribution in [0.3, 0.4) is 0 Å². The van der Waals surface area contributed by atoms with Crippen LogP contribution in [0.25, 0.3) is 11.3 Å². The van der Waals surface area contributed by atoms with Crippen molar-refractivity contribution in [3.8, 4) is 11.3 Å². The third-order valence-electron chi connectivity index (χ3n) is 4.70. The number of hydrogen-bond donors (Lipinski definition) is 1. The van der Waals surface area contributed by atoms with Crippen molar-refractivity contribution in [1.29, 1.82) is 0 Å². The molecule has 0 spiro atoms. The molecule has 8 heteroatoms. The molecule has 0 aliphatic carbocycles. The lowest BCUT2D eigenvalue weighted by atomic mass is 10.1. The molecule has 1 aromatic carbocycles. The van der Waals surface area contributed by atoms with Crippen LogP contribution in [0.2, 0.25) is 0 Å². The number of carbonyl (C=O) groups excluding carboxylic acids is 1. The number of amides is 1. The van der Waals surface area contributed by atoms with Crippen molar-refractivity contribution in [2.75, 3.05) is 30.4 Å². The molecule has 2 heterocycles. The van der Waals surface area contributed by atoms with Gasteiger partial charge >= 0.3 is 0 Å². The van der Waals surface area contributed by atoms with Crippen molar-refractivity contribution in [3.05, 3.63) is 35.2 Å². The van der Waals surface area contributed by atoms with Crippen LogP contribution >= 0.6 is 11.3 Å². The summed E-state index contributed by atoms with van der Waals surface area (Å²) < 4.78 is 23.3. The SMILES string of the molecule is CC(C)c1sc(NC(=O)CN(C)C2CCS(=O)(=O)C2)nc1-c1ccccc1. The van der Waals surface area contributed by atoms with Gasteiger partial charge in [-0.3, -0.25) is 9.69 Å². The molecule has 0 saturated carbocycles. The molecule has 1 fully saturated rings. The molecule has 1 N–H and O–H groups in total. The summed E-state index contributed by atoms with van der Waals surface area (Å²) >= 11 is 1.49. The van der Waals surface area contributed by atoms with Gasteiger partial charge in [-0.1, -0.05) is 44.2 Å². The molecular weight excluding hydrogens is 382 g/mol. The summed E-state index contributed by atoms with van der Waals surface area (Å²) in [5, 5.41) is 3.46. The first-order chi connectivity index (χ1) is 12.7. The second-order valence-corrected chi connectivity index (χ2v) is 10.5. The largest absolute Gasteiger partial charge is 0.301 e. The zero-order valence-electron chi connectivity index (χ0n) is 15.8. The Labute approximate surface area is 164 Å². The van der Waals surface area contributed by atoms with Gasteiger partial charge < -0.3 is 5.32 Å². The van der Waals surface area contributed by atoms with Crippen molar-refractivity contribution in [2.24, 2.45) is 0 Å². The van der Waals surface area contributed by atoms with Gasteiger partial charge in [-0.2, -0.15) is 0 Å². The fraction of sp³-hybridized carbons (Fsp3) is 0.474. The van der Waals surface area contributed by atoms with E-state index in [1.807, 2.05) is 35.2 Å². The first-order valence-corrected chi connectivity index (χ1v) is 11.7. The molecule has 3 rings (SSSR count). The van der Waals surface area contributed by atoms with Gasteiger partial charge in [-0.05, 0) is 19.4 Å². The van der Waals surface area contributed by atoms with Crippen molar-refractivity contribution in [3.63, 3.8) is 0 Å². The average molecular weight is 408 g/mol. The van der Waals surface area contributed by atoms with Gasteiger partial charge in [0.25, 0.3) is 0 Å². The van der Waals surface area contributed by atoms with Crippen LogP contribution in [0.4, 0.5) is 5.13 Å². The van der Waals surface area contributed by atoms with E-state index < -0.39 is 9.84 Å². The molecule has 1 aromatic heterocycles. The maximum absolute atomic E-state index is 12.4. The Morgan fingerprint density at radius 1 is 1.33 bits per heavy atom. The molecule has 1 saturated heterocycles. The van der Waals surface area contributed by atoms with Crippen LogP contribution in [0.5, 0.6) is 0 Å². The smallest absolute Gasteiger partial charge is 0.240 e. The van der Waals surface area contributed by atoms with E-state index in [2.05, 4.69) is 24.1 Å². The molecule has 0 bridgehead atoms. The number of nitrogens with zero attached hydrogens (tertiary/aromatic N) is 2. The Bertz CT molecular complexity index is 908. The summed E-state index contributed by atoms with van der Waals surface area (Å²) in [4.78, 5) is 20.0. The Morgan fingerprint density at radius 3 is 2.63 bits per heavy atom. The second-order valence-electron chi connectivity index (χ2n) is 7.27. The zero-order valence-corrected chi connectivity index (χ0v) is 17.4. The Hall–Kier alpha value is -1.77. The van der Waals surface area contributed by atoms with E-state index in [-0.39, 0.29) is 30.0 Å². The van der Waals surface area contributed by atoms with E-state index in [0.717, 1.165) is 16.1 Å². The normalized spacial score (nSPS) is 18.9. The summed E-state index contributed by atoms with van der Waals surface area (Å²) in [6, 6.07) is 9.85. The van der Waals surface area contributed by atoms with Crippen molar-refractivity contribution in [2.45, 2.75) is 32.2 Å². The molecule has 1 amide bonds. The highest BCUT2D eigenvalue weighted by Crippen LogP contribution is 2.36. The van der Waals surface area contributed by atoms with Gasteiger partial charge in [-0.25, -0.2) is 13.4 Å². The molecule has 0 radical (unpaired) electrons. The van der Waals surface area contributed by atoms with E-state index in [1.54, 1.807) is 7.05 Å². The summed E-state index contributed by atoms with van der Waals surface area (Å²) in [6.07, 6.45) is 0.582. The number of aromatic nitrogens is 1. The van der Waals surface area contributed by atoms with Crippen LogP contribution in [0.15, 0.2) is 30.3 Å². The number of anilines is 1. The minimum absolute atomic E-state index is 0.0943. The lowest BCUT2D eigenvalue weighted by molar-refractivity contribution is -0.117. The molecule has 1 unspecified atom stereocenters. The van der Waals surface area contributed by atoms with Crippen LogP contribution in [-0.4, -0.2) is 55.3 Å². The van der Waals surface area contributed by atoms with Crippen LogP contribution < -0.4 is 5.32 Å². The van der Waals surface area contributed by atoms with Gasteiger partial charge in [0.2, 0.25) is 5.91 Å². The molecule has 1 atom stereocenters. The van der Waals surface area contributed by atoms with Gasteiger partial charge in [-0.15, -0.1) is 11.3 Å². The van der Waals surface area contributed by atoms with E-state index in [1.165, 1.54) is 11.3 Å². The van der Waals surface area contributed by atoms with E-state index in [0.29, 0.717) is 17.5 Å². The lowest BCUT2D eigenvalue weighted by Crippen LogP contribution is -2.38. The van der Waals surface area contributed by atoms with Crippen LogP contribution in [0.1, 0.15) is 31.1 Å². The third-order valence-corrected chi connectivity index (χ3v) is 7.72. The number of likely N-dealkylation sites (N-methyl/N-ethyl adjacent to an activating group) is 1. The summed E-state index contributed by atoms with van der Waals surface area (Å²) in [6.45, 7) is 4.37. The first-order valence-electron chi connectivity index (χ1n) is 9.02. The average Bonchev–Trinajstić information content (AvgIpc) is 3.19. The molecule has 146 valence electrons. The van der Waals surface area contributed by atoms with Crippen molar-refractivity contribution in [1.82, 2.24) is 9.88 Å². The number of sulfone groups is 1. The molecule has 1 aliphatic heterocycles. The summed E-state index contributed by atoms with van der Waals surface area (Å²) in [5.41, 5.74) is 1.94. The van der Waals surface area contributed by atoms with Crippen LogP contribution in [-0.2, 0) is 14.6 Å². The second kappa shape index (κ2) is 8.08. The Balaban J connectivity index is 1.69. The number of nitrogens with one attached hydrogen (secondary N) is 1. The van der Waals surface area contributed by atoms with Gasteiger partial charge in [0.05, 0.1) is 23.7 Å². The van der Waals surface area contributed by atoms with Gasteiger partial charge in [0, 0.05) is 16.5 Å². The standard InChI is InChI=1S/C19H25N3O3S2/c1-13(2)18-17(14-7-5-4-6-8-14)21-19(26-18)20-16(23)11-22(3)15-9-10-27(24,25)12-15/h4-8,13,15H,9-12H2,1-3H3,(H,20,21,23). The lowest BCUT2D eigenvalue weighted by Gasteiger charge is -2.21. The zero-order chi connectivity index (χ0) is 19.6. The predicted octanol–water partition coefficient (Wildman–Crippen LogP) is 2.99. The third kappa shape index (κ3) is 4.94. The highest BCUT2D eigenvalue weighted by Gasteiger charge is 2.31. The quantitative estimate of drug-likeness (QED) is 0.796. The Morgan fingerprint density at radius 2 is 2.04 bits per heavy atom. The number of hydrogen-bond acceptors (Lipinski definition) is 6. The van der Waals surface area contributed by atoms with Gasteiger partial charge in [0.1, 0.15) is 0 Å². The molecule has 27 heavy (non-hydrogen) atoms. The minimum atomic E-state index is -2.96. The van der Waals surface area contributed by atoms with E-state index in [4.69, 9.17) is 0 Å². The number of benzene rings is 1. The highest BCUT2D eigenvalue weighted by atomic mass is 32.2. The number of thiazole rings is 1. The monoisotopic (exact) mass is 407 g/mol. The molecule has 2 aromatic rings. The van der Waals surface area contributed by atoms with Gasteiger partial charge in [0.15, 0.2) is 15.0 Å². The molecule has 1 aliphatic rings. The molecule has 6 nitrogen and oxygen atoms in total.